The number of rotatable bonds is 4. The summed E-state index contributed by atoms with van der Waals surface area (Å²) in [5, 5.41) is -0.440. The van der Waals surface area contributed by atoms with Gasteiger partial charge in [0.1, 0.15) is 0 Å². The second-order valence-corrected chi connectivity index (χ2v) is 6.44. The number of esters is 1. The molecule has 0 aliphatic heterocycles. The van der Waals surface area contributed by atoms with Crippen molar-refractivity contribution in [3.8, 4) is 0 Å². The fourth-order valence-corrected chi connectivity index (χ4v) is 2.04. The number of hydrogen-bond donors (Lipinski definition) is 0. The van der Waals surface area contributed by atoms with Crippen LogP contribution < -0.4 is 0 Å². The fourth-order valence-electron chi connectivity index (χ4n) is 1.12. The lowest BCUT2D eigenvalue weighted by atomic mass is 10.2. The molecule has 0 unspecified atom stereocenters. The molecule has 0 radical (unpaired) electrons. The minimum absolute atomic E-state index is 0.119. The molecule has 94 valence electrons. The maximum absolute atomic E-state index is 11.6. The van der Waals surface area contributed by atoms with Crippen molar-refractivity contribution >= 4 is 15.8 Å². The van der Waals surface area contributed by atoms with Gasteiger partial charge in [-0.05, 0) is 26.0 Å². The Morgan fingerprint density at radius 2 is 2.06 bits per heavy atom. The van der Waals surface area contributed by atoms with Crippen molar-refractivity contribution in [1.29, 1.82) is 0 Å². The Kier molecular flexibility index (Phi) is 4.22. The van der Waals surface area contributed by atoms with E-state index in [-0.39, 0.29) is 5.75 Å². The van der Waals surface area contributed by atoms with Gasteiger partial charge in [-0.1, -0.05) is 0 Å². The van der Waals surface area contributed by atoms with E-state index in [9.17, 15) is 13.2 Å². The Bertz CT molecular complexity index is 491. The highest BCUT2D eigenvalue weighted by atomic mass is 32.2. The lowest BCUT2D eigenvalue weighted by Crippen LogP contribution is -2.16. The van der Waals surface area contributed by atoms with Crippen LogP contribution in [0.5, 0.6) is 0 Å². The minimum atomic E-state index is -3.17. The van der Waals surface area contributed by atoms with Crippen LogP contribution >= 0.6 is 0 Å². The normalized spacial score (nSPS) is 11.5. The molecule has 6 heteroatoms. The quantitative estimate of drug-likeness (QED) is 0.757. The number of carbonyl (C=O) groups is 1. The van der Waals surface area contributed by atoms with Gasteiger partial charge in [-0.25, -0.2) is 13.2 Å². The monoisotopic (exact) mass is 257 g/mol. The minimum Gasteiger partial charge on any atom is -0.465 e. The number of pyridine rings is 1. The molecule has 0 fully saturated rings. The van der Waals surface area contributed by atoms with E-state index in [1.54, 1.807) is 13.8 Å². The number of aromatic nitrogens is 1. The standard InChI is InChI=1S/C11H15NO4S/c1-8(2)17(14,15)7-10-5-4-9(6-12-10)11(13)16-3/h4-6,8H,7H2,1-3H3. The summed E-state index contributed by atoms with van der Waals surface area (Å²) < 4.78 is 27.8. The second-order valence-electron chi connectivity index (χ2n) is 3.89. The molecule has 0 saturated heterocycles. The number of sulfone groups is 1. The van der Waals surface area contributed by atoms with Gasteiger partial charge in [-0.2, -0.15) is 0 Å². The summed E-state index contributed by atoms with van der Waals surface area (Å²) >= 11 is 0. The van der Waals surface area contributed by atoms with E-state index in [4.69, 9.17) is 0 Å². The molecule has 0 N–H and O–H groups in total. The van der Waals surface area contributed by atoms with Crippen molar-refractivity contribution in [1.82, 2.24) is 4.98 Å². The zero-order chi connectivity index (χ0) is 13.1. The van der Waals surface area contributed by atoms with Crippen LogP contribution in [-0.4, -0.2) is 31.7 Å². The molecular formula is C11H15NO4S. The highest BCUT2D eigenvalue weighted by Gasteiger charge is 2.17. The highest BCUT2D eigenvalue weighted by molar-refractivity contribution is 7.91. The molecule has 1 aromatic heterocycles. The van der Waals surface area contributed by atoms with Crippen LogP contribution in [0.1, 0.15) is 29.9 Å². The number of hydrogen-bond acceptors (Lipinski definition) is 5. The molecular weight excluding hydrogens is 242 g/mol. The summed E-state index contributed by atoms with van der Waals surface area (Å²) in [6, 6.07) is 3.02. The molecule has 0 aliphatic carbocycles. The molecule has 0 aromatic carbocycles. The van der Waals surface area contributed by atoms with Crippen molar-refractivity contribution in [3.05, 3.63) is 29.6 Å². The zero-order valence-electron chi connectivity index (χ0n) is 10.0. The van der Waals surface area contributed by atoms with E-state index in [1.807, 2.05) is 0 Å². The molecule has 0 saturated carbocycles. The smallest absolute Gasteiger partial charge is 0.339 e. The number of carbonyl (C=O) groups excluding carboxylic acids is 1. The lowest BCUT2D eigenvalue weighted by Gasteiger charge is -2.07. The average molecular weight is 257 g/mol. The number of ether oxygens (including phenoxy) is 1. The van der Waals surface area contributed by atoms with Crippen LogP contribution in [0.15, 0.2) is 18.3 Å². The van der Waals surface area contributed by atoms with Gasteiger partial charge in [-0.3, -0.25) is 4.98 Å². The summed E-state index contributed by atoms with van der Waals surface area (Å²) in [5.41, 5.74) is 0.726. The van der Waals surface area contributed by atoms with Gasteiger partial charge in [0.25, 0.3) is 0 Å². The third-order valence-electron chi connectivity index (χ3n) is 2.31. The number of methoxy groups -OCH3 is 1. The average Bonchev–Trinajstić information content (AvgIpc) is 2.28. The highest BCUT2D eigenvalue weighted by Crippen LogP contribution is 2.10. The van der Waals surface area contributed by atoms with Gasteiger partial charge in [0, 0.05) is 6.20 Å². The Morgan fingerprint density at radius 1 is 1.41 bits per heavy atom. The third kappa shape index (κ3) is 3.52. The Balaban J connectivity index is 2.86. The van der Waals surface area contributed by atoms with Crippen LogP contribution in [-0.2, 0) is 20.3 Å². The van der Waals surface area contributed by atoms with Crippen molar-refractivity contribution < 1.29 is 17.9 Å². The first kappa shape index (κ1) is 13.6. The largest absolute Gasteiger partial charge is 0.465 e. The predicted molar refractivity (Wildman–Crippen MR) is 63.3 cm³/mol. The summed E-state index contributed by atoms with van der Waals surface area (Å²) in [5.74, 6) is -0.609. The Hall–Kier alpha value is -1.43. The Morgan fingerprint density at radius 3 is 2.47 bits per heavy atom. The van der Waals surface area contributed by atoms with Gasteiger partial charge in [0.05, 0.1) is 29.4 Å². The number of nitrogens with zero attached hydrogens (tertiary/aromatic N) is 1. The van der Waals surface area contributed by atoms with Gasteiger partial charge >= 0.3 is 5.97 Å². The molecule has 17 heavy (non-hydrogen) atoms. The van der Waals surface area contributed by atoms with Crippen molar-refractivity contribution in [2.24, 2.45) is 0 Å². The SMILES string of the molecule is COC(=O)c1ccc(CS(=O)(=O)C(C)C)nc1. The predicted octanol–water partition coefficient (Wildman–Crippen LogP) is 1.19. The summed E-state index contributed by atoms with van der Waals surface area (Å²) in [6.45, 7) is 3.25. The molecule has 1 aromatic rings. The van der Waals surface area contributed by atoms with Crippen LogP contribution in [0, 0.1) is 0 Å². The van der Waals surface area contributed by atoms with E-state index < -0.39 is 21.1 Å². The van der Waals surface area contributed by atoms with Crippen LogP contribution in [0.3, 0.4) is 0 Å². The van der Waals surface area contributed by atoms with Crippen molar-refractivity contribution in [2.45, 2.75) is 24.9 Å². The molecule has 5 nitrogen and oxygen atoms in total. The zero-order valence-corrected chi connectivity index (χ0v) is 10.8. The molecule has 1 rings (SSSR count). The lowest BCUT2D eigenvalue weighted by molar-refractivity contribution is 0.0600. The first-order valence-corrected chi connectivity index (χ1v) is 6.83. The summed E-state index contributed by atoms with van der Waals surface area (Å²) in [7, 11) is -1.89. The molecule has 0 aliphatic rings. The molecule has 0 atom stereocenters. The van der Waals surface area contributed by atoms with Gasteiger partial charge < -0.3 is 4.74 Å². The third-order valence-corrected chi connectivity index (χ3v) is 4.45. The fraction of sp³-hybridized carbons (Fsp3) is 0.455. The molecule has 0 amide bonds. The van der Waals surface area contributed by atoms with E-state index in [0.29, 0.717) is 11.3 Å². The van der Waals surface area contributed by atoms with Gasteiger partial charge in [-0.15, -0.1) is 0 Å². The second kappa shape index (κ2) is 5.27. The molecule has 0 spiro atoms. The van der Waals surface area contributed by atoms with E-state index in [0.717, 1.165) is 0 Å². The van der Waals surface area contributed by atoms with Crippen LogP contribution in [0.25, 0.3) is 0 Å². The van der Waals surface area contributed by atoms with Crippen LogP contribution in [0.4, 0.5) is 0 Å². The first-order chi connectivity index (χ1) is 7.86. The maximum Gasteiger partial charge on any atom is 0.339 e. The first-order valence-electron chi connectivity index (χ1n) is 5.11. The van der Waals surface area contributed by atoms with Crippen molar-refractivity contribution in [3.63, 3.8) is 0 Å². The summed E-state index contributed by atoms with van der Waals surface area (Å²) in [4.78, 5) is 15.1. The topological polar surface area (TPSA) is 73.3 Å². The molecule has 0 bridgehead atoms. The van der Waals surface area contributed by atoms with E-state index in [2.05, 4.69) is 9.72 Å². The maximum atomic E-state index is 11.6. The van der Waals surface area contributed by atoms with E-state index >= 15 is 0 Å². The Labute approximate surface area is 101 Å². The van der Waals surface area contributed by atoms with Crippen molar-refractivity contribution in [2.75, 3.05) is 7.11 Å². The van der Waals surface area contributed by atoms with Gasteiger partial charge in [0.2, 0.25) is 0 Å². The summed E-state index contributed by atoms with van der Waals surface area (Å²) in [6.07, 6.45) is 1.32. The van der Waals surface area contributed by atoms with E-state index in [1.165, 1.54) is 25.4 Å². The van der Waals surface area contributed by atoms with Gasteiger partial charge in [0.15, 0.2) is 9.84 Å². The molecule has 1 heterocycles. The van der Waals surface area contributed by atoms with Crippen LogP contribution in [0.2, 0.25) is 0 Å².